The van der Waals surface area contributed by atoms with Gasteiger partial charge in [0.25, 0.3) is 0 Å². The highest BCUT2D eigenvalue weighted by Crippen LogP contribution is 2.34. The van der Waals surface area contributed by atoms with E-state index in [2.05, 4.69) is 15.5 Å². The summed E-state index contributed by atoms with van der Waals surface area (Å²) in [4.78, 5) is 12.2. The summed E-state index contributed by atoms with van der Waals surface area (Å²) >= 11 is 1.36. The molecule has 30 heavy (non-hydrogen) atoms. The van der Waals surface area contributed by atoms with Crippen LogP contribution in [0.4, 0.5) is 0 Å². The van der Waals surface area contributed by atoms with Crippen LogP contribution in [0.25, 0.3) is 11.4 Å². The Balaban J connectivity index is 1.37. The fourth-order valence-electron chi connectivity index (χ4n) is 3.08. The number of nitrogens with one attached hydrogen (secondary N) is 1. The third-order valence-electron chi connectivity index (χ3n) is 4.78. The number of rotatable bonds is 6. The normalized spacial score (nSPS) is 13.0. The number of amides is 1. The first-order valence-electron chi connectivity index (χ1n) is 9.84. The van der Waals surface area contributed by atoms with Gasteiger partial charge in [-0.3, -0.25) is 4.79 Å². The molecule has 0 unspecified atom stereocenters. The lowest BCUT2D eigenvalue weighted by Gasteiger charge is -2.09. The minimum Gasteiger partial charge on any atom is -0.490 e. The molecule has 1 N–H and O–H groups in total. The minimum atomic E-state index is -0.0410. The van der Waals surface area contributed by atoms with Gasteiger partial charge < -0.3 is 19.4 Å². The highest BCUT2D eigenvalue weighted by Gasteiger charge is 2.16. The van der Waals surface area contributed by atoms with Crippen molar-refractivity contribution in [3.05, 3.63) is 53.6 Å². The van der Waals surface area contributed by atoms with Gasteiger partial charge in [-0.25, -0.2) is 0 Å². The molecule has 1 amide bonds. The van der Waals surface area contributed by atoms with Crippen molar-refractivity contribution in [2.75, 3.05) is 19.0 Å². The fraction of sp³-hybridized carbons (Fsp3) is 0.318. The van der Waals surface area contributed by atoms with E-state index in [4.69, 9.17) is 9.47 Å². The van der Waals surface area contributed by atoms with E-state index in [9.17, 15) is 4.79 Å². The van der Waals surface area contributed by atoms with Crippen LogP contribution < -0.4 is 14.8 Å². The molecule has 4 rings (SSSR count). The Bertz CT molecular complexity index is 1030. The van der Waals surface area contributed by atoms with Crippen molar-refractivity contribution in [3.8, 4) is 22.9 Å². The van der Waals surface area contributed by atoms with Crippen LogP contribution in [-0.4, -0.2) is 39.6 Å². The van der Waals surface area contributed by atoms with Crippen LogP contribution in [0.1, 0.15) is 17.5 Å². The van der Waals surface area contributed by atoms with E-state index in [1.54, 1.807) is 0 Å². The molecule has 0 saturated carbocycles. The molecule has 0 radical (unpaired) electrons. The lowest BCUT2D eigenvalue weighted by Crippen LogP contribution is -2.24. The minimum absolute atomic E-state index is 0.0410. The predicted molar refractivity (Wildman–Crippen MR) is 116 cm³/mol. The van der Waals surface area contributed by atoms with Gasteiger partial charge >= 0.3 is 0 Å². The Morgan fingerprint density at radius 1 is 1.10 bits per heavy atom. The number of fused-ring (bicyclic) bond motifs is 1. The second kappa shape index (κ2) is 9.21. The summed E-state index contributed by atoms with van der Waals surface area (Å²) in [7, 11) is 1.89. The quantitative estimate of drug-likeness (QED) is 0.612. The molecule has 156 valence electrons. The van der Waals surface area contributed by atoms with Crippen molar-refractivity contribution in [1.29, 1.82) is 0 Å². The van der Waals surface area contributed by atoms with Gasteiger partial charge in [-0.15, -0.1) is 10.2 Å². The van der Waals surface area contributed by atoms with Gasteiger partial charge in [-0.1, -0.05) is 41.6 Å². The summed E-state index contributed by atoms with van der Waals surface area (Å²) in [6.07, 6.45) is 0.862. The van der Waals surface area contributed by atoms with Crippen molar-refractivity contribution >= 4 is 17.7 Å². The van der Waals surface area contributed by atoms with Gasteiger partial charge in [-0.05, 0) is 30.7 Å². The van der Waals surface area contributed by atoms with Crippen molar-refractivity contribution in [1.82, 2.24) is 20.1 Å². The second-order valence-electron chi connectivity index (χ2n) is 7.13. The van der Waals surface area contributed by atoms with Crippen LogP contribution in [-0.2, 0) is 18.4 Å². The third-order valence-corrected chi connectivity index (χ3v) is 5.80. The number of carbonyl (C=O) groups excluding carboxylic acids is 1. The highest BCUT2D eigenvalue weighted by molar-refractivity contribution is 7.99. The van der Waals surface area contributed by atoms with Gasteiger partial charge in [0.05, 0.1) is 19.0 Å². The van der Waals surface area contributed by atoms with E-state index in [0.29, 0.717) is 30.7 Å². The van der Waals surface area contributed by atoms with Gasteiger partial charge in [-0.2, -0.15) is 0 Å². The summed E-state index contributed by atoms with van der Waals surface area (Å²) < 4.78 is 13.3. The maximum atomic E-state index is 12.2. The summed E-state index contributed by atoms with van der Waals surface area (Å²) in [5.41, 5.74) is 3.17. The summed E-state index contributed by atoms with van der Waals surface area (Å²) in [5, 5.41) is 12.2. The maximum absolute atomic E-state index is 12.2. The SMILES string of the molecule is Cc1ccc(CNC(=O)CSc2nnc(-c3ccc4c(c3)OCCCO4)n2C)cc1. The van der Waals surface area contributed by atoms with E-state index >= 15 is 0 Å². The monoisotopic (exact) mass is 424 g/mol. The number of ether oxygens (including phenoxy) is 2. The molecular weight excluding hydrogens is 400 g/mol. The zero-order chi connectivity index (χ0) is 20.9. The topological polar surface area (TPSA) is 78.3 Å². The molecule has 0 atom stereocenters. The third kappa shape index (κ3) is 4.76. The largest absolute Gasteiger partial charge is 0.490 e. The van der Waals surface area contributed by atoms with Crippen molar-refractivity contribution in [2.24, 2.45) is 7.05 Å². The number of hydrogen-bond donors (Lipinski definition) is 1. The number of thioether (sulfide) groups is 1. The summed E-state index contributed by atoms with van der Waals surface area (Å²) in [6.45, 7) is 3.85. The molecule has 0 bridgehead atoms. The molecule has 0 fully saturated rings. The number of hydrogen-bond acceptors (Lipinski definition) is 6. The zero-order valence-electron chi connectivity index (χ0n) is 17.1. The molecule has 1 aromatic heterocycles. The average Bonchev–Trinajstić information content (AvgIpc) is 2.96. The Hall–Kier alpha value is -3.00. The van der Waals surface area contributed by atoms with Gasteiger partial charge in [0.2, 0.25) is 5.91 Å². The van der Waals surface area contributed by atoms with Crippen molar-refractivity contribution < 1.29 is 14.3 Å². The molecular formula is C22H24N4O3S. The first kappa shape index (κ1) is 20.3. The molecule has 0 aliphatic carbocycles. The van der Waals surface area contributed by atoms with Crippen LogP contribution in [0.3, 0.4) is 0 Å². The Labute approximate surface area is 179 Å². The van der Waals surface area contributed by atoms with E-state index < -0.39 is 0 Å². The first-order chi connectivity index (χ1) is 14.6. The number of aromatic nitrogens is 3. The molecule has 1 aliphatic heterocycles. The highest BCUT2D eigenvalue weighted by atomic mass is 32.2. The Kier molecular flexibility index (Phi) is 6.23. The smallest absolute Gasteiger partial charge is 0.230 e. The van der Waals surface area contributed by atoms with E-state index in [1.165, 1.54) is 17.3 Å². The van der Waals surface area contributed by atoms with Crippen LogP contribution in [0.2, 0.25) is 0 Å². The van der Waals surface area contributed by atoms with E-state index in [0.717, 1.165) is 29.0 Å². The van der Waals surface area contributed by atoms with E-state index in [-0.39, 0.29) is 11.7 Å². The lowest BCUT2D eigenvalue weighted by molar-refractivity contribution is -0.118. The lowest BCUT2D eigenvalue weighted by atomic mass is 10.1. The first-order valence-corrected chi connectivity index (χ1v) is 10.8. The predicted octanol–water partition coefficient (Wildman–Crippen LogP) is 3.36. The molecule has 3 aromatic rings. The van der Waals surface area contributed by atoms with Gasteiger partial charge in [0.1, 0.15) is 0 Å². The van der Waals surface area contributed by atoms with Crippen LogP contribution in [0.5, 0.6) is 11.5 Å². The summed E-state index contributed by atoms with van der Waals surface area (Å²) in [5.74, 6) is 2.42. The van der Waals surface area contributed by atoms with Crippen molar-refractivity contribution in [3.63, 3.8) is 0 Å². The van der Waals surface area contributed by atoms with Crippen LogP contribution in [0, 0.1) is 6.92 Å². The van der Waals surface area contributed by atoms with Crippen LogP contribution >= 0.6 is 11.8 Å². The molecule has 2 aromatic carbocycles. The molecule has 0 spiro atoms. The number of nitrogens with zero attached hydrogens (tertiary/aromatic N) is 3. The molecule has 7 nitrogen and oxygen atoms in total. The maximum Gasteiger partial charge on any atom is 0.230 e. The molecule has 1 aliphatic rings. The average molecular weight is 425 g/mol. The number of benzene rings is 2. The number of aryl methyl sites for hydroxylation is 1. The van der Waals surface area contributed by atoms with Crippen LogP contribution in [0.15, 0.2) is 47.6 Å². The Morgan fingerprint density at radius 2 is 1.87 bits per heavy atom. The fourth-order valence-corrected chi connectivity index (χ4v) is 3.82. The zero-order valence-corrected chi connectivity index (χ0v) is 17.9. The molecule has 0 saturated heterocycles. The van der Waals surface area contributed by atoms with E-state index in [1.807, 2.05) is 61.0 Å². The van der Waals surface area contributed by atoms with Crippen molar-refractivity contribution in [2.45, 2.75) is 25.0 Å². The molecule has 8 heteroatoms. The number of carbonyl (C=O) groups is 1. The summed E-state index contributed by atoms with van der Waals surface area (Å²) in [6, 6.07) is 13.9. The Morgan fingerprint density at radius 3 is 2.67 bits per heavy atom. The molecule has 2 heterocycles. The van der Waals surface area contributed by atoms with Gasteiger partial charge in [0, 0.05) is 25.6 Å². The standard InChI is InChI=1S/C22H24N4O3S/c1-15-4-6-16(7-5-15)13-23-20(27)14-30-22-25-24-21(26(22)2)17-8-9-18-19(12-17)29-11-3-10-28-18/h4-9,12H,3,10-11,13-14H2,1-2H3,(H,23,27). The second-order valence-corrected chi connectivity index (χ2v) is 8.07. The van der Waals surface area contributed by atoms with Gasteiger partial charge in [0.15, 0.2) is 22.5 Å².